The predicted octanol–water partition coefficient (Wildman–Crippen LogP) is 4.39. The van der Waals surface area contributed by atoms with Crippen molar-refractivity contribution in [3.05, 3.63) is 89.9 Å². The molecule has 0 atom stereocenters. The van der Waals surface area contributed by atoms with Gasteiger partial charge in [0.1, 0.15) is 11.6 Å². The minimum Gasteiger partial charge on any atom is -0.325 e. The van der Waals surface area contributed by atoms with Crippen molar-refractivity contribution in [2.24, 2.45) is 0 Å². The average Bonchev–Trinajstić information content (AvgIpc) is 2.69. The molecule has 0 unspecified atom stereocenters. The third-order valence-electron chi connectivity index (χ3n) is 4.42. The molecule has 0 bridgehead atoms. The molecule has 2 amide bonds. The first kappa shape index (κ1) is 19.2. The highest BCUT2D eigenvalue weighted by Gasteiger charge is 2.30. The van der Waals surface area contributed by atoms with Crippen LogP contribution in [0.2, 0.25) is 0 Å². The Morgan fingerprint density at radius 2 is 1.68 bits per heavy atom. The van der Waals surface area contributed by atoms with Crippen LogP contribution in [0.4, 0.5) is 15.9 Å². The van der Waals surface area contributed by atoms with E-state index in [9.17, 15) is 14.0 Å². The highest BCUT2D eigenvalue weighted by Crippen LogP contribution is 2.25. The Hall–Kier alpha value is -3.54. The van der Waals surface area contributed by atoms with Gasteiger partial charge in [0.25, 0.3) is 5.91 Å². The molecule has 5 nitrogen and oxygen atoms in total. The minimum atomic E-state index is -0.875. The maximum Gasteiger partial charge on any atom is 0.256 e. The summed E-state index contributed by atoms with van der Waals surface area (Å²) in [6.45, 7) is 3.51. The fourth-order valence-electron chi connectivity index (χ4n) is 2.65. The number of benzene rings is 2. The van der Waals surface area contributed by atoms with Crippen molar-refractivity contribution >= 4 is 23.3 Å². The van der Waals surface area contributed by atoms with E-state index in [1.54, 1.807) is 74.6 Å². The number of carbonyl (C=O) groups excluding carboxylic acids is 2. The number of hydrogen-bond acceptors (Lipinski definition) is 3. The minimum absolute atomic E-state index is 0.263. The van der Waals surface area contributed by atoms with Crippen LogP contribution in [0.25, 0.3) is 0 Å². The van der Waals surface area contributed by atoms with E-state index in [2.05, 4.69) is 15.6 Å². The zero-order valence-electron chi connectivity index (χ0n) is 15.6. The molecule has 0 saturated heterocycles. The zero-order valence-corrected chi connectivity index (χ0v) is 15.6. The molecule has 0 aliphatic carbocycles. The number of anilines is 2. The molecule has 0 radical (unpaired) electrons. The highest BCUT2D eigenvalue weighted by molar-refractivity contribution is 6.05. The van der Waals surface area contributed by atoms with Crippen LogP contribution in [0, 0.1) is 5.82 Å². The van der Waals surface area contributed by atoms with Crippen molar-refractivity contribution in [2.75, 3.05) is 10.6 Å². The Bertz CT molecular complexity index is 986. The Labute approximate surface area is 162 Å². The van der Waals surface area contributed by atoms with Gasteiger partial charge in [0.05, 0.1) is 5.41 Å². The van der Waals surface area contributed by atoms with Crippen molar-refractivity contribution < 1.29 is 14.0 Å². The third-order valence-corrected chi connectivity index (χ3v) is 4.42. The SMILES string of the molecule is CC(C)(C(=O)Nc1cccc(C(=O)Nc2ccccn2)c1)c1ccc(F)cc1. The van der Waals surface area contributed by atoms with E-state index in [0.29, 0.717) is 22.6 Å². The van der Waals surface area contributed by atoms with E-state index in [4.69, 9.17) is 0 Å². The number of rotatable bonds is 5. The largest absolute Gasteiger partial charge is 0.325 e. The van der Waals surface area contributed by atoms with Crippen LogP contribution in [0.5, 0.6) is 0 Å². The van der Waals surface area contributed by atoms with Crippen LogP contribution in [-0.2, 0) is 10.2 Å². The lowest BCUT2D eigenvalue weighted by Crippen LogP contribution is -2.34. The molecule has 2 N–H and O–H groups in total. The fourth-order valence-corrected chi connectivity index (χ4v) is 2.65. The van der Waals surface area contributed by atoms with Gasteiger partial charge in [-0.25, -0.2) is 9.37 Å². The van der Waals surface area contributed by atoms with Crippen molar-refractivity contribution in [3.8, 4) is 0 Å². The molecule has 1 heterocycles. The van der Waals surface area contributed by atoms with Gasteiger partial charge in [-0.3, -0.25) is 9.59 Å². The van der Waals surface area contributed by atoms with Crippen molar-refractivity contribution in [2.45, 2.75) is 19.3 Å². The first-order valence-corrected chi connectivity index (χ1v) is 8.76. The Morgan fingerprint density at radius 3 is 2.36 bits per heavy atom. The van der Waals surface area contributed by atoms with Gasteiger partial charge in [-0.1, -0.05) is 24.3 Å². The summed E-state index contributed by atoms with van der Waals surface area (Å²) in [6.07, 6.45) is 1.59. The quantitative estimate of drug-likeness (QED) is 0.693. The molecule has 6 heteroatoms. The number of amides is 2. The monoisotopic (exact) mass is 377 g/mol. The lowest BCUT2D eigenvalue weighted by molar-refractivity contribution is -0.120. The van der Waals surface area contributed by atoms with Crippen LogP contribution in [-0.4, -0.2) is 16.8 Å². The van der Waals surface area contributed by atoms with Gasteiger partial charge in [0, 0.05) is 17.4 Å². The zero-order chi connectivity index (χ0) is 20.1. The van der Waals surface area contributed by atoms with E-state index in [0.717, 1.165) is 0 Å². The summed E-state index contributed by atoms with van der Waals surface area (Å²) in [6, 6.07) is 17.7. The number of halogens is 1. The van der Waals surface area contributed by atoms with Crippen LogP contribution in [0.3, 0.4) is 0 Å². The van der Waals surface area contributed by atoms with Crippen LogP contribution >= 0.6 is 0 Å². The molecular formula is C22H20FN3O2. The second-order valence-corrected chi connectivity index (χ2v) is 6.84. The Kier molecular flexibility index (Phi) is 5.49. The van der Waals surface area contributed by atoms with Gasteiger partial charge < -0.3 is 10.6 Å². The first-order chi connectivity index (χ1) is 13.4. The van der Waals surface area contributed by atoms with Crippen molar-refractivity contribution in [1.82, 2.24) is 4.98 Å². The first-order valence-electron chi connectivity index (χ1n) is 8.76. The number of carbonyl (C=O) groups is 2. The van der Waals surface area contributed by atoms with Crippen LogP contribution in [0.15, 0.2) is 72.9 Å². The average molecular weight is 377 g/mol. The standard InChI is InChI=1S/C22H20FN3O2/c1-22(2,16-9-11-17(23)12-10-16)21(28)25-18-7-5-6-15(14-18)20(27)26-19-8-3-4-13-24-19/h3-14H,1-2H3,(H,25,28)(H,24,26,27). The summed E-state index contributed by atoms with van der Waals surface area (Å²) >= 11 is 0. The number of hydrogen-bond donors (Lipinski definition) is 2. The summed E-state index contributed by atoms with van der Waals surface area (Å²) in [5, 5.41) is 5.53. The summed E-state index contributed by atoms with van der Waals surface area (Å²) < 4.78 is 13.2. The summed E-state index contributed by atoms with van der Waals surface area (Å²) in [5.74, 6) is -0.500. The van der Waals surface area contributed by atoms with E-state index in [-0.39, 0.29) is 17.6 Å². The van der Waals surface area contributed by atoms with Gasteiger partial charge in [-0.15, -0.1) is 0 Å². The maximum absolute atomic E-state index is 13.2. The van der Waals surface area contributed by atoms with Gasteiger partial charge in [0.2, 0.25) is 5.91 Å². The summed E-state index contributed by atoms with van der Waals surface area (Å²) in [7, 11) is 0. The van der Waals surface area contributed by atoms with E-state index in [1.165, 1.54) is 12.1 Å². The molecule has 1 aromatic heterocycles. The molecule has 0 spiro atoms. The Morgan fingerprint density at radius 1 is 0.929 bits per heavy atom. The second-order valence-electron chi connectivity index (χ2n) is 6.84. The molecule has 2 aromatic carbocycles. The summed E-state index contributed by atoms with van der Waals surface area (Å²) in [5.41, 5.74) is 0.701. The second kappa shape index (κ2) is 8.00. The van der Waals surface area contributed by atoms with Gasteiger partial charge in [-0.2, -0.15) is 0 Å². The molecule has 0 aliphatic heterocycles. The molecule has 28 heavy (non-hydrogen) atoms. The maximum atomic E-state index is 13.2. The van der Waals surface area contributed by atoms with E-state index < -0.39 is 5.41 Å². The predicted molar refractivity (Wildman–Crippen MR) is 107 cm³/mol. The summed E-state index contributed by atoms with van der Waals surface area (Å²) in [4.78, 5) is 29.2. The Balaban J connectivity index is 1.74. The molecule has 142 valence electrons. The topological polar surface area (TPSA) is 71.1 Å². The molecule has 0 saturated carbocycles. The third kappa shape index (κ3) is 4.40. The highest BCUT2D eigenvalue weighted by atomic mass is 19.1. The van der Waals surface area contributed by atoms with Crippen molar-refractivity contribution in [3.63, 3.8) is 0 Å². The smallest absolute Gasteiger partial charge is 0.256 e. The van der Waals surface area contributed by atoms with E-state index >= 15 is 0 Å². The van der Waals surface area contributed by atoms with Crippen molar-refractivity contribution in [1.29, 1.82) is 0 Å². The molecule has 0 aliphatic rings. The fraction of sp³-hybridized carbons (Fsp3) is 0.136. The molecule has 3 aromatic rings. The number of nitrogens with one attached hydrogen (secondary N) is 2. The lowest BCUT2D eigenvalue weighted by atomic mass is 9.83. The number of pyridine rings is 1. The van der Waals surface area contributed by atoms with Gasteiger partial charge in [0.15, 0.2) is 0 Å². The molecular weight excluding hydrogens is 357 g/mol. The molecule has 0 fully saturated rings. The van der Waals surface area contributed by atoms with Gasteiger partial charge in [-0.05, 0) is 61.9 Å². The lowest BCUT2D eigenvalue weighted by Gasteiger charge is -2.24. The number of nitrogens with zero attached hydrogens (tertiary/aromatic N) is 1. The van der Waals surface area contributed by atoms with Gasteiger partial charge >= 0.3 is 0 Å². The van der Waals surface area contributed by atoms with Crippen LogP contribution < -0.4 is 10.6 Å². The number of aromatic nitrogens is 1. The normalized spacial score (nSPS) is 11.0. The van der Waals surface area contributed by atoms with E-state index in [1.807, 2.05) is 0 Å². The van der Waals surface area contributed by atoms with Crippen LogP contribution in [0.1, 0.15) is 29.8 Å². The molecule has 3 rings (SSSR count).